The van der Waals surface area contributed by atoms with Gasteiger partial charge < -0.3 is 0 Å². The van der Waals surface area contributed by atoms with Gasteiger partial charge in [-0.05, 0) is 37.7 Å². The van der Waals surface area contributed by atoms with E-state index in [1.165, 1.54) is 56.3 Å². The molecule has 88 valence electrons. The van der Waals surface area contributed by atoms with E-state index in [0.29, 0.717) is 5.41 Å². The largest absolute Gasteiger partial charge is 0.272 e. The number of hydrogen-bond donors (Lipinski definition) is 0. The highest BCUT2D eigenvalue weighted by molar-refractivity contribution is 5.38. The van der Waals surface area contributed by atoms with E-state index in [-0.39, 0.29) is 0 Å². The lowest BCUT2D eigenvalue weighted by Gasteiger charge is -2.32. The van der Waals surface area contributed by atoms with Crippen molar-refractivity contribution in [1.29, 1.82) is 0 Å². The summed E-state index contributed by atoms with van der Waals surface area (Å²) in [6.45, 7) is 2.25. The molecule has 1 heterocycles. The Bertz CT molecular complexity index is 397. The minimum atomic E-state index is 0.485. The van der Waals surface area contributed by atoms with Gasteiger partial charge in [0.25, 0.3) is 0 Å². The van der Waals surface area contributed by atoms with E-state index < -0.39 is 0 Å². The molecule has 1 aromatic rings. The summed E-state index contributed by atoms with van der Waals surface area (Å²) in [5.41, 5.74) is 5.05. The van der Waals surface area contributed by atoms with Crippen molar-refractivity contribution in [1.82, 2.24) is 9.78 Å². The number of fused-ring (bicyclic) bond motifs is 2. The molecule has 0 amide bonds. The zero-order chi connectivity index (χ0) is 11.2. The van der Waals surface area contributed by atoms with Crippen LogP contribution in [-0.2, 0) is 25.3 Å². The van der Waals surface area contributed by atoms with E-state index in [1.54, 1.807) is 5.56 Å². The molecular weight excluding hydrogens is 196 g/mol. The van der Waals surface area contributed by atoms with Crippen LogP contribution < -0.4 is 0 Å². The molecule has 0 unspecified atom stereocenters. The van der Waals surface area contributed by atoms with E-state index in [2.05, 4.69) is 18.7 Å². The van der Waals surface area contributed by atoms with Gasteiger partial charge in [-0.3, -0.25) is 4.68 Å². The first-order valence-electron chi connectivity index (χ1n) is 6.82. The van der Waals surface area contributed by atoms with Crippen LogP contribution in [-0.4, -0.2) is 9.78 Å². The van der Waals surface area contributed by atoms with Crippen molar-refractivity contribution in [3.05, 3.63) is 17.0 Å². The van der Waals surface area contributed by atoms with Crippen LogP contribution in [0.5, 0.6) is 0 Å². The number of rotatable bonds is 1. The van der Waals surface area contributed by atoms with Gasteiger partial charge in [-0.25, -0.2) is 0 Å². The first-order chi connectivity index (χ1) is 7.77. The standard InChI is InChI=1S/C14H22N2/c1-3-12-11-7-10-14(8-5-4-6-9-14)13(11)15-16(12)2/h3-10H2,1-2H3. The fourth-order valence-corrected chi connectivity index (χ4v) is 3.93. The van der Waals surface area contributed by atoms with Gasteiger partial charge in [-0.15, -0.1) is 0 Å². The SMILES string of the molecule is CCc1c2c(nn1C)C1(CCCCC1)CC2. The second-order valence-electron chi connectivity index (χ2n) is 5.59. The summed E-state index contributed by atoms with van der Waals surface area (Å²) in [6, 6.07) is 0. The molecule has 0 aliphatic heterocycles. The Kier molecular flexibility index (Phi) is 2.34. The maximum absolute atomic E-state index is 4.86. The van der Waals surface area contributed by atoms with Crippen molar-refractivity contribution in [3.63, 3.8) is 0 Å². The molecule has 1 aromatic heterocycles. The highest BCUT2D eigenvalue weighted by Crippen LogP contribution is 2.48. The smallest absolute Gasteiger partial charge is 0.0721 e. The van der Waals surface area contributed by atoms with E-state index in [4.69, 9.17) is 5.10 Å². The van der Waals surface area contributed by atoms with Gasteiger partial charge in [0.05, 0.1) is 5.69 Å². The topological polar surface area (TPSA) is 17.8 Å². The summed E-state index contributed by atoms with van der Waals surface area (Å²) in [6.07, 6.45) is 10.8. The molecule has 16 heavy (non-hydrogen) atoms. The van der Waals surface area contributed by atoms with E-state index in [0.717, 1.165) is 6.42 Å². The number of nitrogens with zero attached hydrogens (tertiary/aromatic N) is 2. The molecule has 0 saturated heterocycles. The summed E-state index contributed by atoms with van der Waals surface area (Å²) in [5, 5.41) is 4.86. The monoisotopic (exact) mass is 218 g/mol. The molecule has 1 spiro atoms. The average Bonchev–Trinajstić information content (AvgIpc) is 2.79. The first kappa shape index (κ1) is 10.4. The van der Waals surface area contributed by atoms with Crippen LogP contribution in [0.15, 0.2) is 0 Å². The maximum Gasteiger partial charge on any atom is 0.0721 e. The summed E-state index contributed by atoms with van der Waals surface area (Å²) in [5.74, 6) is 0. The lowest BCUT2D eigenvalue weighted by atomic mass is 9.72. The Hall–Kier alpha value is -0.790. The first-order valence-corrected chi connectivity index (χ1v) is 6.82. The van der Waals surface area contributed by atoms with Gasteiger partial charge >= 0.3 is 0 Å². The Labute approximate surface area is 98.0 Å². The summed E-state index contributed by atoms with van der Waals surface area (Å²) in [7, 11) is 2.12. The Morgan fingerprint density at radius 3 is 2.62 bits per heavy atom. The molecule has 2 heteroatoms. The van der Waals surface area contributed by atoms with Gasteiger partial charge in [-0.1, -0.05) is 26.2 Å². The summed E-state index contributed by atoms with van der Waals surface area (Å²) >= 11 is 0. The van der Waals surface area contributed by atoms with Crippen molar-refractivity contribution >= 4 is 0 Å². The molecule has 1 saturated carbocycles. The molecule has 2 nitrogen and oxygen atoms in total. The fraction of sp³-hybridized carbons (Fsp3) is 0.786. The van der Waals surface area contributed by atoms with E-state index in [9.17, 15) is 0 Å². The van der Waals surface area contributed by atoms with Crippen LogP contribution in [0.3, 0.4) is 0 Å². The van der Waals surface area contributed by atoms with Crippen LogP contribution in [0.4, 0.5) is 0 Å². The van der Waals surface area contributed by atoms with Crippen LogP contribution in [0.1, 0.15) is 62.4 Å². The van der Waals surface area contributed by atoms with E-state index >= 15 is 0 Å². The highest BCUT2D eigenvalue weighted by Gasteiger charge is 2.43. The Morgan fingerprint density at radius 2 is 1.94 bits per heavy atom. The lowest BCUT2D eigenvalue weighted by molar-refractivity contribution is 0.282. The van der Waals surface area contributed by atoms with Crippen LogP contribution >= 0.6 is 0 Å². The van der Waals surface area contributed by atoms with Crippen molar-refractivity contribution in [2.24, 2.45) is 7.05 Å². The Balaban J connectivity index is 2.04. The predicted molar refractivity (Wildman–Crippen MR) is 65.7 cm³/mol. The molecule has 0 N–H and O–H groups in total. The molecule has 3 rings (SSSR count). The Morgan fingerprint density at radius 1 is 1.19 bits per heavy atom. The van der Waals surface area contributed by atoms with Crippen molar-refractivity contribution in [3.8, 4) is 0 Å². The van der Waals surface area contributed by atoms with Gasteiger partial charge in [0.15, 0.2) is 0 Å². The fourth-order valence-electron chi connectivity index (χ4n) is 3.93. The molecule has 0 atom stereocenters. The lowest BCUT2D eigenvalue weighted by Crippen LogP contribution is -2.27. The maximum atomic E-state index is 4.86. The molecular formula is C14H22N2. The molecule has 2 aliphatic rings. The summed E-state index contributed by atoms with van der Waals surface area (Å²) in [4.78, 5) is 0. The van der Waals surface area contributed by atoms with Gasteiger partial charge in [0.1, 0.15) is 0 Å². The quantitative estimate of drug-likeness (QED) is 0.708. The van der Waals surface area contributed by atoms with Gasteiger partial charge in [0, 0.05) is 18.2 Å². The molecule has 2 aliphatic carbocycles. The molecule has 1 fully saturated rings. The molecule has 0 bridgehead atoms. The van der Waals surface area contributed by atoms with Crippen LogP contribution in [0.25, 0.3) is 0 Å². The number of hydrogen-bond acceptors (Lipinski definition) is 1. The predicted octanol–water partition coefficient (Wildman–Crippen LogP) is 3.13. The highest BCUT2D eigenvalue weighted by atomic mass is 15.3. The van der Waals surface area contributed by atoms with Crippen molar-refractivity contribution in [2.75, 3.05) is 0 Å². The third kappa shape index (κ3) is 1.28. The van der Waals surface area contributed by atoms with Gasteiger partial charge in [0.2, 0.25) is 0 Å². The normalized spacial score (nSPS) is 22.6. The number of aromatic nitrogens is 2. The van der Waals surface area contributed by atoms with Crippen LogP contribution in [0.2, 0.25) is 0 Å². The zero-order valence-corrected chi connectivity index (χ0v) is 10.6. The van der Waals surface area contributed by atoms with Crippen molar-refractivity contribution < 1.29 is 0 Å². The van der Waals surface area contributed by atoms with E-state index in [1.807, 2.05) is 0 Å². The minimum absolute atomic E-state index is 0.485. The third-order valence-electron chi connectivity index (χ3n) is 4.78. The second kappa shape index (κ2) is 3.61. The minimum Gasteiger partial charge on any atom is -0.272 e. The molecule has 0 aromatic carbocycles. The van der Waals surface area contributed by atoms with Gasteiger partial charge in [-0.2, -0.15) is 5.10 Å². The average molecular weight is 218 g/mol. The zero-order valence-electron chi connectivity index (χ0n) is 10.6. The van der Waals surface area contributed by atoms with Crippen LogP contribution in [0, 0.1) is 0 Å². The third-order valence-corrected chi connectivity index (χ3v) is 4.78. The van der Waals surface area contributed by atoms with Crippen molar-refractivity contribution in [2.45, 2.75) is 63.7 Å². The second-order valence-corrected chi connectivity index (χ2v) is 5.59. The number of aryl methyl sites for hydroxylation is 1. The molecule has 0 radical (unpaired) electrons. The summed E-state index contributed by atoms with van der Waals surface area (Å²) < 4.78 is 2.14.